The van der Waals surface area contributed by atoms with Crippen LogP contribution < -0.4 is 5.32 Å². The van der Waals surface area contributed by atoms with Gasteiger partial charge in [0.1, 0.15) is 7.11 Å². The van der Waals surface area contributed by atoms with Gasteiger partial charge in [0.05, 0.1) is 11.8 Å². The van der Waals surface area contributed by atoms with Crippen molar-refractivity contribution in [2.24, 2.45) is 5.16 Å². The second kappa shape index (κ2) is 6.52. The Labute approximate surface area is 118 Å². The topological polar surface area (TPSA) is 70.9 Å². The molecular formula is C15H20N2O3. The van der Waals surface area contributed by atoms with Crippen LogP contribution in [0, 0.1) is 0 Å². The number of nitrogens with one attached hydrogen (secondary N) is 1. The summed E-state index contributed by atoms with van der Waals surface area (Å²) in [5.41, 5.74) is 0.708. The molecule has 1 amide bonds. The Morgan fingerprint density at radius 2 is 2.05 bits per heavy atom. The zero-order valence-electron chi connectivity index (χ0n) is 11.6. The van der Waals surface area contributed by atoms with E-state index in [9.17, 15) is 9.90 Å². The molecule has 1 saturated carbocycles. The lowest BCUT2D eigenvalue weighted by molar-refractivity contribution is 0.0449. The fraction of sp³-hybridized carbons (Fsp3) is 0.467. The van der Waals surface area contributed by atoms with E-state index in [-0.39, 0.29) is 5.91 Å². The number of hydrogen-bond donors (Lipinski definition) is 2. The lowest BCUT2D eigenvalue weighted by Gasteiger charge is -2.22. The average Bonchev–Trinajstić information content (AvgIpc) is 2.90. The number of hydrogen-bond acceptors (Lipinski definition) is 4. The van der Waals surface area contributed by atoms with Gasteiger partial charge >= 0.3 is 0 Å². The molecule has 2 rings (SSSR count). The number of rotatable bonds is 5. The number of nitrogens with zero attached hydrogens (tertiary/aromatic N) is 1. The summed E-state index contributed by atoms with van der Waals surface area (Å²) in [5, 5.41) is 16.6. The standard InChI is InChI=1S/C15H20N2O3/c1-20-17-10-12-4-6-13(7-5-12)14(18)16-11-15(19)8-2-3-9-15/h4-7,10,19H,2-3,8-9,11H2,1H3,(H,16,18)/b17-10+. The summed E-state index contributed by atoms with van der Waals surface area (Å²) in [6.07, 6.45) is 5.15. The molecule has 2 N–H and O–H groups in total. The van der Waals surface area contributed by atoms with Gasteiger partial charge in [-0.2, -0.15) is 0 Å². The van der Waals surface area contributed by atoms with Gasteiger partial charge in [-0.25, -0.2) is 0 Å². The Morgan fingerprint density at radius 1 is 1.40 bits per heavy atom. The molecule has 5 nitrogen and oxygen atoms in total. The highest BCUT2D eigenvalue weighted by molar-refractivity contribution is 5.95. The molecule has 0 saturated heterocycles. The van der Waals surface area contributed by atoms with Crippen LogP contribution in [0.2, 0.25) is 0 Å². The van der Waals surface area contributed by atoms with Crippen LogP contribution in [0.3, 0.4) is 0 Å². The fourth-order valence-electron chi connectivity index (χ4n) is 2.39. The van der Waals surface area contributed by atoms with Crippen molar-refractivity contribution in [3.05, 3.63) is 35.4 Å². The number of oxime groups is 1. The second-order valence-electron chi connectivity index (χ2n) is 5.15. The Kier molecular flexibility index (Phi) is 4.74. The minimum atomic E-state index is -0.722. The van der Waals surface area contributed by atoms with Gasteiger partial charge in [-0.15, -0.1) is 0 Å². The molecule has 0 spiro atoms. The van der Waals surface area contributed by atoms with Crippen LogP contribution in [0.5, 0.6) is 0 Å². The Balaban J connectivity index is 1.90. The van der Waals surface area contributed by atoms with E-state index in [4.69, 9.17) is 0 Å². The Bertz CT molecular complexity index is 476. The summed E-state index contributed by atoms with van der Waals surface area (Å²) in [7, 11) is 1.48. The average molecular weight is 276 g/mol. The van der Waals surface area contributed by atoms with Crippen molar-refractivity contribution in [3.63, 3.8) is 0 Å². The first-order chi connectivity index (χ1) is 9.63. The van der Waals surface area contributed by atoms with E-state index in [1.54, 1.807) is 30.5 Å². The zero-order valence-corrected chi connectivity index (χ0v) is 11.6. The zero-order chi connectivity index (χ0) is 14.4. The molecule has 1 aliphatic carbocycles. The lowest BCUT2D eigenvalue weighted by atomic mass is 10.0. The number of amides is 1. The molecule has 0 unspecified atom stereocenters. The summed E-state index contributed by atoms with van der Waals surface area (Å²) in [4.78, 5) is 16.6. The van der Waals surface area contributed by atoms with Crippen LogP contribution in [0.15, 0.2) is 29.4 Å². The normalized spacial score (nSPS) is 17.3. The van der Waals surface area contributed by atoms with Crippen molar-refractivity contribution in [1.29, 1.82) is 0 Å². The van der Waals surface area contributed by atoms with Gasteiger partial charge < -0.3 is 15.3 Å². The van der Waals surface area contributed by atoms with E-state index in [2.05, 4.69) is 15.3 Å². The SMILES string of the molecule is CO/N=C/c1ccc(C(=O)NCC2(O)CCCC2)cc1. The predicted octanol–water partition coefficient (Wildman–Crippen LogP) is 1.70. The maximum Gasteiger partial charge on any atom is 0.251 e. The molecule has 0 bridgehead atoms. The van der Waals surface area contributed by atoms with Crippen LogP contribution in [0.25, 0.3) is 0 Å². The van der Waals surface area contributed by atoms with Crippen molar-refractivity contribution in [1.82, 2.24) is 5.32 Å². The molecular weight excluding hydrogens is 256 g/mol. The molecule has 0 aromatic heterocycles. The molecule has 1 aromatic rings. The third-order valence-electron chi connectivity index (χ3n) is 3.59. The molecule has 1 fully saturated rings. The summed E-state index contributed by atoms with van der Waals surface area (Å²) in [6, 6.07) is 7.04. The predicted molar refractivity (Wildman–Crippen MR) is 76.8 cm³/mol. The first-order valence-corrected chi connectivity index (χ1v) is 6.80. The van der Waals surface area contributed by atoms with Crippen LogP contribution in [-0.4, -0.2) is 36.5 Å². The maximum absolute atomic E-state index is 12.0. The molecule has 1 aromatic carbocycles. The van der Waals surface area contributed by atoms with Crippen molar-refractivity contribution < 1.29 is 14.7 Å². The summed E-state index contributed by atoms with van der Waals surface area (Å²) >= 11 is 0. The van der Waals surface area contributed by atoms with Gasteiger partial charge in [0.15, 0.2) is 0 Å². The largest absolute Gasteiger partial charge is 0.399 e. The first kappa shape index (κ1) is 14.5. The highest BCUT2D eigenvalue weighted by atomic mass is 16.6. The maximum atomic E-state index is 12.0. The summed E-state index contributed by atoms with van der Waals surface area (Å²) < 4.78 is 0. The molecule has 1 aliphatic rings. The summed E-state index contributed by atoms with van der Waals surface area (Å²) in [5.74, 6) is -0.166. The van der Waals surface area contributed by atoms with Crippen molar-refractivity contribution in [2.45, 2.75) is 31.3 Å². The Morgan fingerprint density at radius 3 is 2.65 bits per heavy atom. The van der Waals surface area contributed by atoms with Crippen LogP contribution in [-0.2, 0) is 4.84 Å². The van der Waals surface area contributed by atoms with E-state index >= 15 is 0 Å². The van der Waals surface area contributed by atoms with Crippen LogP contribution in [0.1, 0.15) is 41.6 Å². The third-order valence-corrected chi connectivity index (χ3v) is 3.59. The van der Waals surface area contributed by atoms with Gasteiger partial charge in [-0.1, -0.05) is 30.1 Å². The minimum Gasteiger partial charge on any atom is -0.399 e. The molecule has 108 valence electrons. The van der Waals surface area contributed by atoms with Gasteiger partial charge in [-0.3, -0.25) is 4.79 Å². The highest BCUT2D eigenvalue weighted by Crippen LogP contribution is 2.28. The van der Waals surface area contributed by atoms with Gasteiger partial charge in [0.2, 0.25) is 0 Å². The number of carbonyl (C=O) groups is 1. The molecule has 0 atom stereocenters. The fourth-order valence-corrected chi connectivity index (χ4v) is 2.39. The Hall–Kier alpha value is -1.88. The van der Waals surface area contributed by atoms with E-state index in [0.717, 1.165) is 31.2 Å². The van der Waals surface area contributed by atoms with E-state index < -0.39 is 5.60 Å². The number of carbonyl (C=O) groups excluding carboxylic acids is 1. The monoisotopic (exact) mass is 276 g/mol. The smallest absolute Gasteiger partial charge is 0.251 e. The number of benzene rings is 1. The molecule has 0 heterocycles. The molecule has 20 heavy (non-hydrogen) atoms. The van der Waals surface area contributed by atoms with Crippen LogP contribution in [0.4, 0.5) is 0 Å². The lowest BCUT2D eigenvalue weighted by Crippen LogP contribution is -2.40. The van der Waals surface area contributed by atoms with Gasteiger partial charge in [0.25, 0.3) is 5.91 Å². The van der Waals surface area contributed by atoms with E-state index in [1.807, 2.05) is 0 Å². The van der Waals surface area contributed by atoms with Gasteiger partial charge in [0, 0.05) is 12.1 Å². The van der Waals surface area contributed by atoms with Gasteiger partial charge in [-0.05, 0) is 30.5 Å². The summed E-state index contributed by atoms with van der Waals surface area (Å²) in [6.45, 7) is 0.318. The van der Waals surface area contributed by atoms with Crippen molar-refractivity contribution in [2.75, 3.05) is 13.7 Å². The molecule has 5 heteroatoms. The first-order valence-electron chi connectivity index (χ1n) is 6.80. The molecule has 0 aliphatic heterocycles. The van der Waals surface area contributed by atoms with Crippen LogP contribution >= 0.6 is 0 Å². The third kappa shape index (κ3) is 3.81. The van der Waals surface area contributed by atoms with E-state index in [0.29, 0.717) is 12.1 Å². The van der Waals surface area contributed by atoms with Crippen molar-refractivity contribution >= 4 is 12.1 Å². The highest BCUT2D eigenvalue weighted by Gasteiger charge is 2.31. The van der Waals surface area contributed by atoms with E-state index in [1.165, 1.54) is 7.11 Å². The number of aliphatic hydroxyl groups is 1. The quantitative estimate of drug-likeness (QED) is 0.635. The second-order valence-corrected chi connectivity index (χ2v) is 5.15. The molecule has 0 radical (unpaired) electrons. The minimum absolute atomic E-state index is 0.166. The van der Waals surface area contributed by atoms with Crippen molar-refractivity contribution in [3.8, 4) is 0 Å².